The Morgan fingerprint density at radius 2 is 1.96 bits per heavy atom. The lowest BCUT2D eigenvalue weighted by molar-refractivity contribution is -0.115. The van der Waals surface area contributed by atoms with Crippen molar-refractivity contribution in [1.29, 1.82) is 0 Å². The van der Waals surface area contributed by atoms with E-state index in [-0.39, 0.29) is 11.3 Å². The van der Waals surface area contributed by atoms with E-state index < -0.39 is 0 Å². The summed E-state index contributed by atoms with van der Waals surface area (Å²) in [5.74, 6) is -0.0409. The number of hydrogen-bond acceptors (Lipinski definition) is 2. The number of benzene rings is 2. The Morgan fingerprint density at radius 3 is 2.67 bits per heavy atom. The third-order valence-electron chi connectivity index (χ3n) is 3.98. The van der Waals surface area contributed by atoms with Crippen molar-refractivity contribution < 1.29 is 9.21 Å². The van der Waals surface area contributed by atoms with E-state index in [9.17, 15) is 4.79 Å². The second-order valence-corrected chi connectivity index (χ2v) is 8.20. The molecule has 0 aliphatic heterocycles. The summed E-state index contributed by atoms with van der Waals surface area (Å²) in [6, 6.07) is 14.0. The molecule has 1 aromatic heterocycles. The van der Waals surface area contributed by atoms with Crippen LogP contribution in [0.1, 0.15) is 31.9 Å². The highest BCUT2D eigenvalue weighted by Crippen LogP contribution is 2.29. The van der Waals surface area contributed by atoms with Crippen LogP contribution in [0.5, 0.6) is 0 Å². The van der Waals surface area contributed by atoms with E-state index in [4.69, 9.17) is 4.42 Å². The molecule has 0 saturated heterocycles. The first-order valence-corrected chi connectivity index (χ1v) is 8.97. The largest absolute Gasteiger partial charge is 0.464 e. The van der Waals surface area contributed by atoms with E-state index in [1.807, 2.05) is 30.3 Å². The van der Waals surface area contributed by atoms with Crippen LogP contribution in [-0.2, 0) is 16.6 Å². The predicted molar refractivity (Wildman–Crippen MR) is 106 cm³/mol. The summed E-state index contributed by atoms with van der Waals surface area (Å²) in [6.07, 6.45) is 1.98. The molecule has 0 radical (unpaired) electrons. The summed E-state index contributed by atoms with van der Waals surface area (Å²) in [6.45, 7) is 6.53. The molecule has 0 spiro atoms. The van der Waals surface area contributed by atoms with E-state index in [1.165, 1.54) is 5.56 Å². The third kappa shape index (κ3) is 3.80. The number of carbonyl (C=O) groups excluding carboxylic acids is 1. The van der Waals surface area contributed by atoms with Gasteiger partial charge in [-0.2, -0.15) is 0 Å². The van der Waals surface area contributed by atoms with Gasteiger partial charge in [-0.05, 0) is 63.9 Å². The fraction of sp³-hybridized carbons (Fsp3) is 0.250. The summed E-state index contributed by atoms with van der Waals surface area (Å²) in [4.78, 5) is 12.4. The molecule has 1 heterocycles. The molecular weight excluding hydrogens is 413 g/mol. The zero-order valence-electron chi connectivity index (χ0n) is 14.0. The average molecular weight is 433 g/mol. The van der Waals surface area contributed by atoms with Gasteiger partial charge in [-0.15, -0.1) is 0 Å². The highest BCUT2D eigenvalue weighted by Gasteiger charge is 2.17. The highest BCUT2D eigenvalue weighted by atomic mass is 127. The maximum Gasteiger partial charge on any atom is 0.228 e. The predicted octanol–water partition coefficient (Wildman–Crippen LogP) is 5.52. The van der Waals surface area contributed by atoms with Crippen LogP contribution in [0, 0.1) is 3.57 Å². The normalized spacial score (nSPS) is 11.7. The molecule has 1 amide bonds. The van der Waals surface area contributed by atoms with Crippen LogP contribution in [0.4, 0.5) is 5.69 Å². The monoisotopic (exact) mass is 433 g/mol. The molecule has 2 aromatic carbocycles. The van der Waals surface area contributed by atoms with Crippen molar-refractivity contribution in [2.24, 2.45) is 0 Å². The zero-order chi connectivity index (χ0) is 17.3. The molecule has 0 atom stereocenters. The van der Waals surface area contributed by atoms with Crippen LogP contribution < -0.4 is 5.32 Å². The second-order valence-electron chi connectivity index (χ2n) is 6.96. The van der Waals surface area contributed by atoms with Crippen LogP contribution in [0.2, 0.25) is 0 Å². The number of furan rings is 1. The van der Waals surface area contributed by atoms with Crippen LogP contribution in [-0.4, -0.2) is 5.91 Å². The molecule has 3 nitrogen and oxygen atoms in total. The molecule has 0 fully saturated rings. The van der Waals surface area contributed by atoms with E-state index >= 15 is 0 Å². The number of nitrogens with one attached hydrogen (secondary N) is 1. The Bertz CT molecular complexity index is 890. The van der Waals surface area contributed by atoms with Crippen molar-refractivity contribution >= 4 is 45.2 Å². The molecule has 0 unspecified atom stereocenters. The number of hydrogen-bond donors (Lipinski definition) is 1. The minimum absolute atomic E-state index is 0.0409. The maximum atomic E-state index is 12.4. The van der Waals surface area contributed by atoms with E-state index in [1.54, 1.807) is 6.26 Å². The van der Waals surface area contributed by atoms with Gasteiger partial charge in [-0.25, -0.2) is 0 Å². The molecule has 24 heavy (non-hydrogen) atoms. The number of fused-ring (bicyclic) bond motifs is 1. The van der Waals surface area contributed by atoms with Crippen molar-refractivity contribution in [2.45, 2.75) is 32.6 Å². The van der Waals surface area contributed by atoms with Gasteiger partial charge in [0.05, 0.1) is 12.7 Å². The third-order valence-corrected chi connectivity index (χ3v) is 4.65. The van der Waals surface area contributed by atoms with Gasteiger partial charge in [0.1, 0.15) is 5.58 Å². The van der Waals surface area contributed by atoms with Gasteiger partial charge < -0.3 is 9.73 Å². The lowest BCUT2D eigenvalue weighted by atomic mass is 9.86. The minimum atomic E-state index is -0.0409. The first kappa shape index (κ1) is 17.0. The van der Waals surface area contributed by atoms with Crippen molar-refractivity contribution in [3.63, 3.8) is 0 Å². The average Bonchev–Trinajstić information content (AvgIpc) is 2.88. The Balaban J connectivity index is 1.83. The Hall–Kier alpha value is -1.82. The molecule has 0 aliphatic carbocycles. The second kappa shape index (κ2) is 6.59. The van der Waals surface area contributed by atoms with Crippen LogP contribution in [0.25, 0.3) is 11.0 Å². The first-order chi connectivity index (χ1) is 11.3. The molecule has 4 heteroatoms. The van der Waals surface area contributed by atoms with Crippen molar-refractivity contribution in [3.05, 3.63) is 63.4 Å². The molecule has 1 N–H and O–H groups in total. The number of amides is 1. The molecule has 0 aliphatic rings. The van der Waals surface area contributed by atoms with E-state index in [0.29, 0.717) is 6.42 Å². The molecule has 124 valence electrons. The van der Waals surface area contributed by atoms with Crippen LogP contribution in [0.15, 0.2) is 53.1 Å². The van der Waals surface area contributed by atoms with Gasteiger partial charge in [-0.3, -0.25) is 4.79 Å². The Labute approximate surface area is 155 Å². The Kier molecular flexibility index (Phi) is 4.67. The van der Waals surface area contributed by atoms with Crippen molar-refractivity contribution in [3.8, 4) is 0 Å². The number of halogens is 1. The lowest BCUT2D eigenvalue weighted by Crippen LogP contribution is -2.14. The Morgan fingerprint density at radius 1 is 1.17 bits per heavy atom. The zero-order valence-corrected chi connectivity index (χ0v) is 16.2. The van der Waals surface area contributed by atoms with Crippen LogP contribution >= 0.6 is 22.6 Å². The van der Waals surface area contributed by atoms with Gasteiger partial charge in [0.15, 0.2) is 0 Å². The number of anilines is 1. The molecule has 0 bridgehead atoms. The summed E-state index contributed by atoms with van der Waals surface area (Å²) in [5.41, 5.74) is 3.84. The SMILES string of the molecule is CC(C)(C)c1ccc2occ(CC(=O)Nc3cccc(I)c3)c2c1. The summed E-state index contributed by atoms with van der Waals surface area (Å²) in [5, 5.41) is 3.96. The van der Waals surface area contributed by atoms with Gasteiger partial charge in [0.25, 0.3) is 0 Å². The van der Waals surface area contributed by atoms with Gasteiger partial charge >= 0.3 is 0 Å². The number of rotatable bonds is 3. The standard InChI is InChI=1S/C20H20INO2/c1-20(2,3)14-7-8-18-17(10-14)13(12-24-18)9-19(23)22-16-6-4-5-15(21)11-16/h4-8,10-12H,9H2,1-3H3,(H,22,23). The quantitative estimate of drug-likeness (QED) is 0.553. The van der Waals surface area contributed by atoms with Crippen molar-refractivity contribution in [1.82, 2.24) is 0 Å². The lowest BCUT2D eigenvalue weighted by Gasteiger charge is -2.18. The molecule has 0 saturated carbocycles. The van der Waals surface area contributed by atoms with Gasteiger partial charge in [-0.1, -0.05) is 32.9 Å². The van der Waals surface area contributed by atoms with E-state index in [0.717, 1.165) is 25.8 Å². The highest BCUT2D eigenvalue weighted by molar-refractivity contribution is 14.1. The smallest absolute Gasteiger partial charge is 0.228 e. The fourth-order valence-corrected chi connectivity index (χ4v) is 3.17. The van der Waals surface area contributed by atoms with Gasteiger partial charge in [0, 0.05) is 20.2 Å². The summed E-state index contributed by atoms with van der Waals surface area (Å²) in [7, 11) is 0. The van der Waals surface area contributed by atoms with E-state index in [2.05, 4.69) is 60.8 Å². The molecular formula is C20H20INO2. The van der Waals surface area contributed by atoms with Gasteiger partial charge in [0.2, 0.25) is 5.91 Å². The molecule has 3 rings (SSSR count). The van der Waals surface area contributed by atoms with Crippen LogP contribution in [0.3, 0.4) is 0 Å². The van der Waals surface area contributed by atoms with Crippen molar-refractivity contribution in [2.75, 3.05) is 5.32 Å². The summed E-state index contributed by atoms with van der Waals surface area (Å²) < 4.78 is 6.70. The minimum Gasteiger partial charge on any atom is -0.464 e. The number of carbonyl (C=O) groups is 1. The summed E-state index contributed by atoms with van der Waals surface area (Å²) >= 11 is 2.23. The molecule has 3 aromatic rings. The fourth-order valence-electron chi connectivity index (χ4n) is 2.63. The topological polar surface area (TPSA) is 42.2 Å². The first-order valence-electron chi connectivity index (χ1n) is 7.89. The maximum absolute atomic E-state index is 12.4.